The van der Waals surface area contributed by atoms with Gasteiger partial charge in [-0.25, -0.2) is 0 Å². The van der Waals surface area contributed by atoms with Crippen molar-refractivity contribution in [2.75, 3.05) is 27.2 Å². The zero-order valence-corrected chi connectivity index (χ0v) is 21.9. The quantitative estimate of drug-likeness (QED) is 0.220. The third kappa shape index (κ3) is 5.86. The van der Waals surface area contributed by atoms with Crippen LogP contribution < -0.4 is 4.74 Å². The second kappa shape index (κ2) is 11.5. The molecule has 36 heavy (non-hydrogen) atoms. The van der Waals surface area contributed by atoms with Crippen LogP contribution in [-0.4, -0.2) is 53.8 Å². The van der Waals surface area contributed by atoms with Crippen LogP contribution in [0.3, 0.4) is 0 Å². The van der Waals surface area contributed by atoms with E-state index in [1.54, 1.807) is 29.2 Å². The zero-order chi connectivity index (χ0) is 25.7. The molecule has 3 aromatic carbocycles. The van der Waals surface area contributed by atoms with Crippen molar-refractivity contribution in [2.24, 2.45) is 0 Å². The van der Waals surface area contributed by atoms with E-state index in [4.69, 9.17) is 4.74 Å². The summed E-state index contributed by atoms with van der Waals surface area (Å²) in [6.07, 6.45) is 0.706. The predicted octanol–water partition coefficient (Wildman–Crippen LogP) is 5.40. The third-order valence-corrected chi connectivity index (χ3v) is 6.58. The Morgan fingerprint density at radius 3 is 2.39 bits per heavy atom. The predicted molar refractivity (Wildman–Crippen MR) is 144 cm³/mol. The molecule has 3 aromatic rings. The number of Topliss-reactive ketones (excluding diaryl/α,β-unsaturated/α-hetero) is 1. The standard InChI is InChI=1S/C29H29BrN2O4/c1-31(2)16-7-17-32-26(22-10-6-11-23(30)18-22)25(28(34)29(32)35)27(33)21-12-14-24(15-13-21)36-19-20-8-4-3-5-9-20/h3-6,8-15,18,26,33H,7,16-17,19H2,1-2H3/b27-25+. The maximum Gasteiger partial charge on any atom is 0.295 e. The number of benzene rings is 3. The lowest BCUT2D eigenvalue weighted by molar-refractivity contribution is -0.139. The van der Waals surface area contributed by atoms with Gasteiger partial charge in [-0.3, -0.25) is 9.59 Å². The summed E-state index contributed by atoms with van der Waals surface area (Å²) in [5, 5.41) is 11.3. The number of carbonyl (C=O) groups excluding carboxylic acids is 2. The monoisotopic (exact) mass is 548 g/mol. The normalized spacial score (nSPS) is 17.1. The number of halogens is 1. The summed E-state index contributed by atoms with van der Waals surface area (Å²) in [6, 6.07) is 23.6. The summed E-state index contributed by atoms with van der Waals surface area (Å²) in [5.74, 6) is -0.819. The fourth-order valence-corrected chi connectivity index (χ4v) is 4.71. The smallest absolute Gasteiger partial charge is 0.295 e. The maximum absolute atomic E-state index is 13.2. The molecule has 1 aliphatic heterocycles. The van der Waals surface area contributed by atoms with Gasteiger partial charge in [0, 0.05) is 16.6 Å². The largest absolute Gasteiger partial charge is 0.507 e. The van der Waals surface area contributed by atoms with Crippen molar-refractivity contribution in [3.8, 4) is 5.75 Å². The summed E-state index contributed by atoms with van der Waals surface area (Å²) < 4.78 is 6.67. The first-order valence-electron chi connectivity index (χ1n) is 11.8. The van der Waals surface area contributed by atoms with Crippen molar-refractivity contribution in [3.05, 3.63) is 106 Å². The molecule has 186 valence electrons. The molecule has 1 atom stereocenters. The van der Waals surface area contributed by atoms with Crippen LogP contribution in [0.25, 0.3) is 5.76 Å². The Balaban J connectivity index is 1.64. The third-order valence-electron chi connectivity index (χ3n) is 6.08. The topological polar surface area (TPSA) is 70.1 Å². The molecular formula is C29H29BrN2O4. The lowest BCUT2D eigenvalue weighted by Gasteiger charge is -2.26. The van der Waals surface area contributed by atoms with Crippen molar-refractivity contribution >= 4 is 33.4 Å². The van der Waals surface area contributed by atoms with Gasteiger partial charge >= 0.3 is 0 Å². The Kier molecular flexibility index (Phi) is 8.23. The first kappa shape index (κ1) is 25.7. The molecule has 0 saturated carbocycles. The fourth-order valence-electron chi connectivity index (χ4n) is 4.30. The van der Waals surface area contributed by atoms with Crippen molar-refractivity contribution in [1.29, 1.82) is 0 Å². The van der Waals surface area contributed by atoms with E-state index in [2.05, 4.69) is 15.9 Å². The van der Waals surface area contributed by atoms with Gasteiger partial charge in [-0.05, 0) is 74.6 Å². The average molecular weight is 549 g/mol. The highest BCUT2D eigenvalue weighted by molar-refractivity contribution is 9.10. The highest BCUT2D eigenvalue weighted by Crippen LogP contribution is 2.40. The van der Waals surface area contributed by atoms with E-state index in [0.717, 1.165) is 22.1 Å². The van der Waals surface area contributed by atoms with Crippen LogP contribution in [0, 0.1) is 0 Å². The van der Waals surface area contributed by atoms with Gasteiger partial charge in [0.2, 0.25) is 0 Å². The van der Waals surface area contributed by atoms with Gasteiger partial charge in [0.15, 0.2) is 0 Å². The van der Waals surface area contributed by atoms with Gasteiger partial charge in [0.05, 0.1) is 11.6 Å². The van der Waals surface area contributed by atoms with Gasteiger partial charge < -0.3 is 19.6 Å². The highest BCUT2D eigenvalue weighted by Gasteiger charge is 2.45. The van der Waals surface area contributed by atoms with Crippen molar-refractivity contribution in [2.45, 2.75) is 19.1 Å². The number of ether oxygens (including phenoxy) is 1. The van der Waals surface area contributed by atoms with Gasteiger partial charge in [-0.15, -0.1) is 0 Å². The first-order valence-corrected chi connectivity index (χ1v) is 12.6. The van der Waals surface area contributed by atoms with Crippen LogP contribution in [0.2, 0.25) is 0 Å². The average Bonchev–Trinajstić information content (AvgIpc) is 3.13. The maximum atomic E-state index is 13.2. The Labute approximate surface area is 219 Å². The first-order chi connectivity index (χ1) is 17.3. The second-order valence-corrected chi connectivity index (χ2v) is 9.92. The molecule has 0 spiro atoms. The number of hydrogen-bond acceptors (Lipinski definition) is 5. The second-order valence-electron chi connectivity index (χ2n) is 9.00. The molecule has 1 aliphatic rings. The van der Waals surface area contributed by atoms with Crippen LogP contribution in [0.4, 0.5) is 0 Å². The van der Waals surface area contributed by atoms with E-state index in [1.807, 2.05) is 73.6 Å². The number of aliphatic hydroxyl groups excluding tert-OH is 1. The Hall–Kier alpha value is -3.42. The van der Waals surface area contributed by atoms with Gasteiger partial charge in [0.25, 0.3) is 11.7 Å². The molecule has 1 heterocycles. The number of hydrogen-bond donors (Lipinski definition) is 1. The van der Waals surface area contributed by atoms with Gasteiger partial charge in [-0.1, -0.05) is 58.4 Å². The molecule has 0 radical (unpaired) electrons. The van der Waals surface area contributed by atoms with Gasteiger partial charge in [-0.2, -0.15) is 0 Å². The van der Waals surface area contributed by atoms with Crippen LogP contribution in [0.5, 0.6) is 5.75 Å². The Morgan fingerprint density at radius 2 is 1.72 bits per heavy atom. The summed E-state index contributed by atoms with van der Waals surface area (Å²) >= 11 is 3.49. The van der Waals surface area contributed by atoms with Gasteiger partial charge in [0.1, 0.15) is 18.1 Å². The van der Waals surface area contributed by atoms with E-state index in [0.29, 0.717) is 30.9 Å². The molecule has 0 aromatic heterocycles. The highest BCUT2D eigenvalue weighted by atomic mass is 79.9. The van der Waals surface area contributed by atoms with E-state index in [-0.39, 0.29) is 11.3 Å². The van der Waals surface area contributed by atoms with E-state index in [1.165, 1.54) is 0 Å². The van der Waals surface area contributed by atoms with E-state index in [9.17, 15) is 14.7 Å². The minimum absolute atomic E-state index is 0.0981. The molecule has 1 amide bonds. The molecule has 1 saturated heterocycles. The lowest BCUT2D eigenvalue weighted by Crippen LogP contribution is -2.32. The van der Waals surface area contributed by atoms with E-state index < -0.39 is 17.7 Å². The number of carbonyl (C=O) groups is 2. The lowest BCUT2D eigenvalue weighted by atomic mass is 9.95. The summed E-state index contributed by atoms with van der Waals surface area (Å²) in [5.41, 5.74) is 2.36. The Morgan fingerprint density at radius 1 is 1.00 bits per heavy atom. The summed E-state index contributed by atoms with van der Waals surface area (Å²) in [6.45, 7) is 1.61. The van der Waals surface area contributed by atoms with Crippen molar-refractivity contribution < 1.29 is 19.4 Å². The number of nitrogens with zero attached hydrogens (tertiary/aromatic N) is 2. The van der Waals surface area contributed by atoms with Crippen LogP contribution in [-0.2, 0) is 16.2 Å². The number of aliphatic hydroxyl groups is 1. The van der Waals surface area contributed by atoms with Crippen LogP contribution >= 0.6 is 15.9 Å². The van der Waals surface area contributed by atoms with E-state index >= 15 is 0 Å². The fraction of sp³-hybridized carbons (Fsp3) is 0.241. The zero-order valence-electron chi connectivity index (χ0n) is 20.4. The molecule has 7 heteroatoms. The SMILES string of the molecule is CN(C)CCCN1C(=O)C(=O)/C(=C(/O)c2ccc(OCc3ccccc3)cc2)C1c1cccc(Br)c1. The summed E-state index contributed by atoms with van der Waals surface area (Å²) in [7, 11) is 3.93. The Bertz CT molecular complexity index is 1260. The summed E-state index contributed by atoms with van der Waals surface area (Å²) in [4.78, 5) is 29.8. The number of rotatable bonds is 9. The minimum atomic E-state index is -0.674. The molecule has 1 fully saturated rings. The molecule has 6 nitrogen and oxygen atoms in total. The molecule has 0 bridgehead atoms. The van der Waals surface area contributed by atoms with Crippen LogP contribution in [0.1, 0.15) is 29.2 Å². The number of amides is 1. The molecule has 0 aliphatic carbocycles. The minimum Gasteiger partial charge on any atom is -0.507 e. The van der Waals surface area contributed by atoms with Crippen molar-refractivity contribution in [1.82, 2.24) is 9.80 Å². The molecule has 1 N–H and O–H groups in total. The number of likely N-dealkylation sites (tertiary alicyclic amines) is 1. The number of ketones is 1. The molecular weight excluding hydrogens is 520 g/mol. The molecule has 1 unspecified atom stereocenters. The molecule has 4 rings (SSSR count). The van der Waals surface area contributed by atoms with Crippen LogP contribution in [0.15, 0.2) is 88.9 Å². The van der Waals surface area contributed by atoms with Crippen molar-refractivity contribution in [3.63, 3.8) is 0 Å².